The van der Waals surface area contributed by atoms with Crippen LogP contribution in [0, 0.1) is 0 Å². The smallest absolute Gasteiger partial charge is 0.318 e. The second-order valence-corrected chi connectivity index (χ2v) is 6.28. The number of para-hydroxylation sites is 1. The topological polar surface area (TPSA) is 77.8 Å². The summed E-state index contributed by atoms with van der Waals surface area (Å²) in [7, 11) is 0. The van der Waals surface area contributed by atoms with Gasteiger partial charge < -0.3 is 24.9 Å². The molecular formula is C19H24N4O3. The van der Waals surface area contributed by atoms with Gasteiger partial charge in [-0.25, -0.2) is 4.79 Å². The van der Waals surface area contributed by atoms with Gasteiger partial charge in [-0.1, -0.05) is 18.2 Å². The second-order valence-electron chi connectivity index (χ2n) is 6.28. The number of furan rings is 1. The Hall–Kier alpha value is -2.96. The molecule has 26 heavy (non-hydrogen) atoms. The highest BCUT2D eigenvalue weighted by Gasteiger charge is 2.24. The molecule has 1 aromatic carbocycles. The van der Waals surface area contributed by atoms with E-state index in [2.05, 4.69) is 27.7 Å². The lowest BCUT2D eigenvalue weighted by Crippen LogP contribution is -2.55. The number of urea groups is 1. The van der Waals surface area contributed by atoms with Crippen LogP contribution in [0.15, 0.2) is 53.1 Å². The molecule has 1 saturated heterocycles. The lowest BCUT2D eigenvalue weighted by atomic mass is 10.2. The molecule has 1 fully saturated rings. The fourth-order valence-electron chi connectivity index (χ4n) is 2.89. The molecule has 1 aromatic heterocycles. The van der Waals surface area contributed by atoms with Crippen LogP contribution in [0.25, 0.3) is 0 Å². The van der Waals surface area contributed by atoms with Crippen LogP contribution >= 0.6 is 0 Å². The molecule has 0 bridgehead atoms. The van der Waals surface area contributed by atoms with Gasteiger partial charge in [-0.15, -0.1) is 0 Å². The highest BCUT2D eigenvalue weighted by Crippen LogP contribution is 2.15. The molecule has 2 heterocycles. The molecule has 0 unspecified atom stereocenters. The van der Waals surface area contributed by atoms with Gasteiger partial charge in [0.05, 0.1) is 12.8 Å². The van der Waals surface area contributed by atoms with Crippen LogP contribution in [0.4, 0.5) is 10.5 Å². The van der Waals surface area contributed by atoms with Gasteiger partial charge in [0.25, 0.3) is 0 Å². The van der Waals surface area contributed by atoms with Gasteiger partial charge in [-0.05, 0) is 31.2 Å². The van der Waals surface area contributed by atoms with E-state index in [1.54, 1.807) is 30.2 Å². The van der Waals surface area contributed by atoms with Crippen LogP contribution in [0.5, 0.6) is 0 Å². The van der Waals surface area contributed by atoms with Crippen molar-refractivity contribution in [1.82, 2.24) is 15.5 Å². The summed E-state index contributed by atoms with van der Waals surface area (Å²) < 4.78 is 5.17. The van der Waals surface area contributed by atoms with Crippen LogP contribution in [-0.4, -0.2) is 49.1 Å². The highest BCUT2D eigenvalue weighted by atomic mass is 16.3. The molecule has 1 aliphatic rings. The van der Waals surface area contributed by atoms with Gasteiger partial charge in [-0.2, -0.15) is 0 Å². The zero-order valence-corrected chi connectivity index (χ0v) is 14.9. The molecule has 1 aliphatic heterocycles. The number of benzene rings is 1. The normalized spacial score (nSPS) is 15.4. The van der Waals surface area contributed by atoms with Crippen molar-refractivity contribution in [3.63, 3.8) is 0 Å². The molecule has 7 nitrogen and oxygen atoms in total. The third kappa shape index (κ3) is 4.56. The van der Waals surface area contributed by atoms with Crippen LogP contribution in [0.2, 0.25) is 0 Å². The Balaban J connectivity index is 1.42. The number of carbonyl (C=O) groups is 2. The Morgan fingerprint density at radius 2 is 1.81 bits per heavy atom. The van der Waals surface area contributed by atoms with E-state index in [0.717, 1.165) is 13.1 Å². The van der Waals surface area contributed by atoms with Crippen LogP contribution in [0.1, 0.15) is 12.7 Å². The van der Waals surface area contributed by atoms with E-state index in [4.69, 9.17) is 4.42 Å². The maximum Gasteiger partial charge on any atom is 0.318 e. The number of hydrogen-bond acceptors (Lipinski definition) is 4. The molecule has 3 rings (SSSR count). The predicted molar refractivity (Wildman–Crippen MR) is 98.8 cm³/mol. The number of anilines is 1. The zero-order chi connectivity index (χ0) is 18.4. The summed E-state index contributed by atoms with van der Waals surface area (Å²) in [6, 6.07) is 12.9. The van der Waals surface area contributed by atoms with Gasteiger partial charge in [-0.3, -0.25) is 4.79 Å². The predicted octanol–water partition coefficient (Wildman–Crippen LogP) is 1.82. The Morgan fingerprint density at radius 1 is 1.08 bits per heavy atom. The lowest BCUT2D eigenvalue weighted by Gasteiger charge is -2.36. The molecule has 0 spiro atoms. The molecule has 7 heteroatoms. The summed E-state index contributed by atoms with van der Waals surface area (Å²) in [4.78, 5) is 28.5. The Bertz CT molecular complexity index is 710. The third-order valence-electron chi connectivity index (χ3n) is 4.44. The Kier molecular flexibility index (Phi) is 5.78. The maximum absolute atomic E-state index is 12.4. The molecule has 0 aliphatic carbocycles. The number of hydrogen-bond donors (Lipinski definition) is 2. The molecule has 0 radical (unpaired) electrons. The quantitative estimate of drug-likeness (QED) is 0.857. The van der Waals surface area contributed by atoms with Gasteiger partial charge in [0, 0.05) is 31.9 Å². The van der Waals surface area contributed by atoms with Gasteiger partial charge >= 0.3 is 6.03 Å². The van der Waals surface area contributed by atoms with Crippen molar-refractivity contribution >= 4 is 17.6 Å². The fourth-order valence-corrected chi connectivity index (χ4v) is 2.89. The zero-order valence-electron chi connectivity index (χ0n) is 14.9. The van der Waals surface area contributed by atoms with E-state index in [1.807, 2.05) is 18.2 Å². The van der Waals surface area contributed by atoms with E-state index in [-0.39, 0.29) is 11.9 Å². The average Bonchev–Trinajstić information content (AvgIpc) is 3.20. The fraction of sp³-hybridized carbons (Fsp3) is 0.368. The first-order valence-corrected chi connectivity index (χ1v) is 8.79. The number of nitrogens with zero attached hydrogens (tertiary/aromatic N) is 2. The number of piperazine rings is 1. The van der Waals surface area contributed by atoms with Crippen molar-refractivity contribution in [1.29, 1.82) is 0 Å². The first-order valence-electron chi connectivity index (χ1n) is 8.79. The number of amides is 3. The maximum atomic E-state index is 12.4. The lowest BCUT2D eigenvalue weighted by molar-refractivity contribution is -0.122. The minimum absolute atomic E-state index is 0.210. The second kappa shape index (κ2) is 8.42. The molecule has 3 amide bonds. The summed E-state index contributed by atoms with van der Waals surface area (Å²) >= 11 is 0. The SMILES string of the molecule is C[C@H](NC(=O)N1CCN(c2ccccc2)CC1)C(=O)NCc1ccco1. The number of rotatable bonds is 5. The first kappa shape index (κ1) is 17.8. The van der Waals surface area contributed by atoms with Crippen molar-refractivity contribution in [3.8, 4) is 0 Å². The van der Waals surface area contributed by atoms with E-state index in [9.17, 15) is 9.59 Å². The third-order valence-corrected chi connectivity index (χ3v) is 4.44. The van der Waals surface area contributed by atoms with E-state index < -0.39 is 6.04 Å². The number of nitrogens with one attached hydrogen (secondary N) is 2. The Labute approximate surface area is 153 Å². The van der Waals surface area contributed by atoms with Gasteiger partial charge in [0.2, 0.25) is 5.91 Å². The van der Waals surface area contributed by atoms with Crippen molar-refractivity contribution in [2.45, 2.75) is 19.5 Å². The molecule has 2 N–H and O–H groups in total. The van der Waals surface area contributed by atoms with Crippen molar-refractivity contribution in [2.75, 3.05) is 31.1 Å². The monoisotopic (exact) mass is 356 g/mol. The van der Waals surface area contributed by atoms with Crippen molar-refractivity contribution in [2.24, 2.45) is 0 Å². The standard InChI is InChI=1S/C19H24N4O3/c1-15(18(24)20-14-17-8-5-13-26-17)21-19(25)23-11-9-22(10-12-23)16-6-3-2-4-7-16/h2-8,13,15H,9-12,14H2,1H3,(H,20,24)(H,21,25)/t15-/m0/s1. The summed E-state index contributed by atoms with van der Waals surface area (Å²) in [5.74, 6) is 0.437. The van der Waals surface area contributed by atoms with E-state index in [1.165, 1.54) is 5.69 Å². The molecule has 2 aromatic rings. The summed E-state index contributed by atoms with van der Waals surface area (Å²) in [5, 5.41) is 5.51. The largest absolute Gasteiger partial charge is 0.467 e. The summed E-state index contributed by atoms with van der Waals surface area (Å²) in [6.45, 7) is 4.79. The van der Waals surface area contributed by atoms with Gasteiger partial charge in [0.15, 0.2) is 0 Å². The van der Waals surface area contributed by atoms with Gasteiger partial charge in [0.1, 0.15) is 11.8 Å². The van der Waals surface area contributed by atoms with E-state index in [0.29, 0.717) is 25.4 Å². The Morgan fingerprint density at radius 3 is 2.46 bits per heavy atom. The average molecular weight is 356 g/mol. The van der Waals surface area contributed by atoms with E-state index >= 15 is 0 Å². The molecule has 0 saturated carbocycles. The molecule has 1 atom stereocenters. The molecular weight excluding hydrogens is 332 g/mol. The minimum atomic E-state index is -0.607. The first-order chi connectivity index (χ1) is 12.6. The summed E-state index contributed by atoms with van der Waals surface area (Å²) in [6.07, 6.45) is 1.56. The van der Waals surface area contributed by atoms with Crippen LogP contribution in [-0.2, 0) is 11.3 Å². The highest BCUT2D eigenvalue weighted by molar-refractivity contribution is 5.86. The van der Waals surface area contributed by atoms with Crippen molar-refractivity contribution in [3.05, 3.63) is 54.5 Å². The summed E-state index contributed by atoms with van der Waals surface area (Å²) in [5.41, 5.74) is 1.17. The minimum Gasteiger partial charge on any atom is -0.467 e. The number of carbonyl (C=O) groups excluding carboxylic acids is 2. The van der Waals surface area contributed by atoms with Crippen LogP contribution in [0.3, 0.4) is 0 Å². The van der Waals surface area contributed by atoms with Crippen molar-refractivity contribution < 1.29 is 14.0 Å². The van der Waals surface area contributed by atoms with Crippen LogP contribution < -0.4 is 15.5 Å². The molecule has 138 valence electrons.